The third kappa shape index (κ3) is 3.14. The second-order valence-corrected chi connectivity index (χ2v) is 6.11. The summed E-state index contributed by atoms with van der Waals surface area (Å²) in [6.45, 7) is 0. The minimum absolute atomic E-state index is 0.0364. The Balaban J connectivity index is 1.97. The highest BCUT2D eigenvalue weighted by molar-refractivity contribution is 6.14. The zero-order valence-corrected chi connectivity index (χ0v) is 15.0. The molecule has 0 amide bonds. The Labute approximate surface area is 162 Å². The van der Waals surface area contributed by atoms with Crippen molar-refractivity contribution in [3.8, 4) is 0 Å². The molecule has 1 atom stereocenters. The number of ether oxygens (including phenoxy) is 1. The lowest BCUT2D eigenvalue weighted by atomic mass is 9.89. The quantitative estimate of drug-likeness (QED) is 0.533. The van der Waals surface area contributed by atoms with Crippen LogP contribution in [0.4, 0.5) is 14.7 Å². The molecule has 0 bridgehead atoms. The normalized spacial score (nSPS) is 15.5. The molecule has 0 fully saturated rings. The van der Waals surface area contributed by atoms with Crippen LogP contribution in [-0.2, 0) is 9.53 Å². The first-order valence-corrected chi connectivity index (χ1v) is 8.43. The summed E-state index contributed by atoms with van der Waals surface area (Å²) in [5.74, 6) is -2.60. The molecule has 0 saturated carbocycles. The third-order valence-electron chi connectivity index (χ3n) is 4.46. The summed E-state index contributed by atoms with van der Waals surface area (Å²) in [5, 5.41) is 13.8. The number of benzene rings is 2. The zero-order chi connectivity index (χ0) is 20.5. The van der Waals surface area contributed by atoms with Crippen LogP contribution in [0.25, 0.3) is 0 Å². The van der Waals surface area contributed by atoms with Crippen LogP contribution in [-0.4, -0.2) is 39.1 Å². The van der Waals surface area contributed by atoms with Crippen molar-refractivity contribution in [3.63, 3.8) is 0 Å². The van der Waals surface area contributed by atoms with Crippen LogP contribution in [0.3, 0.4) is 0 Å². The van der Waals surface area contributed by atoms with E-state index in [4.69, 9.17) is 4.74 Å². The number of nitrogens with zero attached hydrogens (tertiary/aromatic N) is 4. The molecule has 1 aliphatic rings. The lowest BCUT2D eigenvalue weighted by molar-refractivity contribution is -0.136. The van der Waals surface area contributed by atoms with Gasteiger partial charge in [-0.2, -0.15) is 4.68 Å². The first-order valence-electron chi connectivity index (χ1n) is 8.43. The molecule has 1 aromatic heterocycles. The molecule has 1 aliphatic heterocycles. The van der Waals surface area contributed by atoms with E-state index in [1.54, 1.807) is 6.07 Å². The van der Waals surface area contributed by atoms with Crippen molar-refractivity contribution in [1.82, 2.24) is 20.2 Å². The number of allylic oxidation sites excluding steroid dienone is 1. The predicted octanol–water partition coefficient (Wildman–Crippen LogP) is 2.28. The smallest absolute Gasteiger partial charge is 0.355 e. The molecule has 8 nitrogen and oxygen atoms in total. The maximum Gasteiger partial charge on any atom is 0.355 e. The summed E-state index contributed by atoms with van der Waals surface area (Å²) in [4.78, 5) is 25.8. The van der Waals surface area contributed by atoms with Crippen molar-refractivity contribution in [3.05, 3.63) is 82.6 Å². The Morgan fingerprint density at radius 2 is 1.83 bits per heavy atom. The Morgan fingerprint density at radius 3 is 2.52 bits per heavy atom. The molecular formula is C19H13F2N5O3. The second-order valence-electron chi connectivity index (χ2n) is 6.11. The van der Waals surface area contributed by atoms with Gasteiger partial charge < -0.3 is 10.1 Å². The maximum atomic E-state index is 14.7. The number of ketones is 1. The number of carbonyl (C=O) groups excluding carboxylic acids is 2. The minimum Gasteiger partial charge on any atom is -0.464 e. The van der Waals surface area contributed by atoms with E-state index in [-0.39, 0.29) is 28.3 Å². The number of tetrazole rings is 1. The van der Waals surface area contributed by atoms with Gasteiger partial charge >= 0.3 is 5.97 Å². The van der Waals surface area contributed by atoms with E-state index in [1.165, 1.54) is 35.0 Å². The van der Waals surface area contributed by atoms with Gasteiger partial charge in [0.2, 0.25) is 5.95 Å². The Hall–Kier alpha value is -3.95. The average Bonchev–Trinajstić information content (AvgIpc) is 3.21. The highest BCUT2D eigenvalue weighted by Gasteiger charge is 2.39. The highest BCUT2D eigenvalue weighted by Crippen LogP contribution is 2.37. The van der Waals surface area contributed by atoms with Crippen LogP contribution in [0, 0.1) is 11.6 Å². The molecule has 0 spiro atoms. The van der Waals surface area contributed by atoms with Crippen LogP contribution in [0.2, 0.25) is 0 Å². The largest absolute Gasteiger partial charge is 0.464 e. The van der Waals surface area contributed by atoms with Crippen LogP contribution in [0.1, 0.15) is 22.0 Å². The van der Waals surface area contributed by atoms with Gasteiger partial charge in [-0.15, -0.1) is 0 Å². The van der Waals surface area contributed by atoms with E-state index in [0.29, 0.717) is 0 Å². The fraction of sp³-hybridized carbons (Fsp3) is 0.105. The molecule has 10 heteroatoms. The molecule has 4 rings (SSSR count). The number of carbonyl (C=O) groups is 2. The van der Waals surface area contributed by atoms with Gasteiger partial charge in [0, 0.05) is 11.1 Å². The number of anilines is 1. The minimum atomic E-state index is -1.14. The molecule has 0 saturated heterocycles. The molecule has 2 aromatic carbocycles. The van der Waals surface area contributed by atoms with E-state index in [9.17, 15) is 18.4 Å². The summed E-state index contributed by atoms with van der Waals surface area (Å²) in [5.41, 5.74) is -0.178. The van der Waals surface area contributed by atoms with Gasteiger partial charge in [-0.1, -0.05) is 23.3 Å². The van der Waals surface area contributed by atoms with Crippen molar-refractivity contribution in [2.45, 2.75) is 6.04 Å². The van der Waals surface area contributed by atoms with E-state index < -0.39 is 29.4 Å². The molecule has 3 aromatic rings. The SMILES string of the molecule is COC(=O)C1=C(C(=O)c2ccc(F)cc2)[C@H](c2ccccc2F)n2nnnc2N1. The molecule has 146 valence electrons. The topological polar surface area (TPSA) is 99.0 Å². The monoisotopic (exact) mass is 397 g/mol. The number of hydrogen-bond donors (Lipinski definition) is 1. The number of Topliss-reactive ketones (excluding diaryl/α,β-unsaturated/α-hetero) is 1. The van der Waals surface area contributed by atoms with Gasteiger partial charge in [0.15, 0.2) is 5.78 Å². The van der Waals surface area contributed by atoms with Gasteiger partial charge in [-0.3, -0.25) is 4.79 Å². The summed E-state index contributed by atoms with van der Waals surface area (Å²) in [6, 6.07) is 9.39. The molecule has 2 heterocycles. The Bertz CT molecular complexity index is 1140. The zero-order valence-electron chi connectivity index (χ0n) is 15.0. The van der Waals surface area contributed by atoms with Crippen LogP contribution in [0.5, 0.6) is 0 Å². The van der Waals surface area contributed by atoms with Crippen molar-refractivity contribution < 1.29 is 23.1 Å². The standard InChI is InChI=1S/C19H13F2N5O3/c1-29-18(28)15-14(17(27)10-6-8-11(20)9-7-10)16(12-4-2-3-5-13(12)21)26-19(22-15)23-24-25-26/h2-9,16H,1H3,(H,22,23,25)/t16-/m0/s1. The molecular weight excluding hydrogens is 384 g/mol. The van der Waals surface area contributed by atoms with Gasteiger partial charge in [0.25, 0.3) is 0 Å². The Morgan fingerprint density at radius 1 is 1.10 bits per heavy atom. The van der Waals surface area contributed by atoms with E-state index in [1.807, 2.05) is 0 Å². The van der Waals surface area contributed by atoms with Crippen molar-refractivity contribution in [1.29, 1.82) is 0 Å². The molecule has 0 unspecified atom stereocenters. The van der Waals surface area contributed by atoms with E-state index >= 15 is 0 Å². The molecule has 1 N–H and O–H groups in total. The molecule has 0 aliphatic carbocycles. The second kappa shape index (κ2) is 7.23. The fourth-order valence-corrected chi connectivity index (χ4v) is 3.13. The first-order chi connectivity index (χ1) is 14.0. The van der Waals surface area contributed by atoms with Crippen LogP contribution >= 0.6 is 0 Å². The summed E-state index contributed by atoms with van der Waals surface area (Å²) in [6.07, 6.45) is 0. The van der Waals surface area contributed by atoms with Gasteiger partial charge in [-0.25, -0.2) is 13.6 Å². The Kier molecular flexibility index (Phi) is 4.59. The number of aromatic nitrogens is 4. The van der Waals surface area contributed by atoms with Gasteiger partial charge in [0.05, 0.1) is 12.7 Å². The third-order valence-corrected chi connectivity index (χ3v) is 4.46. The van der Waals surface area contributed by atoms with E-state index in [0.717, 1.165) is 19.2 Å². The summed E-state index contributed by atoms with van der Waals surface area (Å²) >= 11 is 0. The number of methoxy groups -OCH3 is 1. The van der Waals surface area contributed by atoms with Crippen molar-refractivity contribution in [2.24, 2.45) is 0 Å². The van der Waals surface area contributed by atoms with E-state index in [2.05, 4.69) is 20.8 Å². The summed E-state index contributed by atoms with van der Waals surface area (Å²) < 4.78 is 34.0. The number of esters is 1. The predicted molar refractivity (Wildman–Crippen MR) is 95.8 cm³/mol. The summed E-state index contributed by atoms with van der Waals surface area (Å²) in [7, 11) is 1.15. The van der Waals surface area contributed by atoms with Crippen molar-refractivity contribution >= 4 is 17.7 Å². The number of halogens is 2. The van der Waals surface area contributed by atoms with Gasteiger partial charge in [0.1, 0.15) is 23.4 Å². The number of hydrogen-bond acceptors (Lipinski definition) is 7. The van der Waals surface area contributed by atoms with Crippen LogP contribution < -0.4 is 5.32 Å². The van der Waals surface area contributed by atoms with Crippen LogP contribution in [0.15, 0.2) is 59.8 Å². The fourth-order valence-electron chi connectivity index (χ4n) is 3.13. The maximum absolute atomic E-state index is 14.7. The number of rotatable bonds is 4. The number of nitrogens with one attached hydrogen (secondary N) is 1. The highest BCUT2D eigenvalue weighted by atomic mass is 19.1. The lowest BCUT2D eigenvalue weighted by Gasteiger charge is -2.28. The van der Waals surface area contributed by atoms with Crippen molar-refractivity contribution in [2.75, 3.05) is 12.4 Å². The van der Waals surface area contributed by atoms with Gasteiger partial charge in [-0.05, 0) is 40.8 Å². The molecule has 0 radical (unpaired) electrons. The molecule has 29 heavy (non-hydrogen) atoms. The number of fused-ring (bicyclic) bond motifs is 1. The average molecular weight is 397 g/mol. The lowest BCUT2D eigenvalue weighted by Crippen LogP contribution is -2.33. The first kappa shape index (κ1) is 18.4.